The molecule has 0 aliphatic carbocycles. The van der Waals surface area contributed by atoms with Crippen molar-refractivity contribution in [1.29, 1.82) is 0 Å². The SMILES string of the molecule is CC[C@@H](NC1=NS(=O)(=O)C(C(F)(F)F)=C1Nc1ccc(C(F)(F)F)c(C(=O)N(C)C)c1O)c1ccc(C)o1. The van der Waals surface area contributed by atoms with Gasteiger partial charge in [-0.2, -0.15) is 34.8 Å². The molecule has 1 aromatic carbocycles. The van der Waals surface area contributed by atoms with Crippen LogP contribution in [0.4, 0.5) is 32.0 Å². The van der Waals surface area contributed by atoms with E-state index in [9.17, 15) is 44.7 Å². The van der Waals surface area contributed by atoms with Gasteiger partial charge in [-0.15, -0.1) is 4.40 Å². The lowest BCUT2D eigenvalue weighted by Gasteiger charge is -2.22. The number of alkyl halides is 6. The van der Waals surface area contributed by atoms with Crippen molar-refractivity contribution < 1.29 is 49.1 Å². The van der Waals surface area contributed by atoms with Crippen molar-refractivity contribution in [2.45, 2.75) is 38.7 Å². The molecule has 2 heterocycles. The molecule has 38 heavy (non-hydrogen) atoms. The molecule has 9 nitrogen and oxygen atoms in total. The van der Waals surface area contributed by atoms with Crippen LogP contribution in [0.5, 0.6) is 5.75 Å². The first-order valence-electron chi connectivity index (χ1n) is 10.8. The average molecular weight is 568 g/mol. The van der Waals surface area contributed by atoms with Crippen molar-refractivity contribution in [3.63, 3.8) is 0 Å². The number of allylic oxidation sites excluding steroid dienone is 1. The highest BCUT2D eigenvalue weighted by Gasteiger charge is 2.51. The molecule has 1 aromatic heterocycles. The summed E-state index contributed by atoms with van der Waals surface area (Å²) < 4.78 is 116. The number of carbonyl (C=O) groups is 1. The van der Waals surface area contributed by atoms with E-state index in [1.807, 2.05) is 5.32 Å². The second kappa shape index (κ2) is 9.89. The molecule has 0 fully saturated rings. The molecule has 16 heteroatoms. The van der Waals surface area contributed by atoms with E-state index in [1.54, 1.807) is 19.9 Å². The number of hydrogen-bond donors (Lipinski definition) is 3. The number of nitrogens with zero attached hydrogens (tertiary/aromatic N) is 2. The Hall–Kier alpha value is -3.69. The van der Waals surface area contributed by atoms with Crippen molar-refractivity contribution in [3.8, 4) is 5.75 Å². The van der Waals surface area contributed by atoms with Gasteiger partial charge in [0.05, 0.1) is 22.9 Å². The Bertz CT molecular complexity index is 1420. The van der Waals surface area contributed by atoms with Crippen molar-refractivity contribution in [1.82, 2.24) is 10.2 Å². The van der Waals surface area contributed by atoms with Crippen molar-refractivity contribution in [2.24, 2.45) is 4.40 Å². The molecule has 1 atom stereocenters. The molecule has 3 N–H and O–H groups in total. The Morgan fingerprint density at radius 2 is 1.74 bits per heavy atom. The summed E-state index contributed by atoms with van der Waals surface area (Å²) in [5.41, 5.74) is -4.77. The third kappa shape index (κ3) is 5.58. The minimum atomic E-state index is -5.49. The van der Waals surface area contributed by atoms with E-state index in [0.29, 0.717) is 17.9 Å². The number of aromatic hydroxyl groups is 1. The number of aryl methyl sites for hydroxylation is 1. The van der Waals surface area contributed by atoms with Gasteiger partial charge in [-0.05, 0) is 37.6 Å². The number of nitrogens with one attached hydrogen (secondary N) is 2. The maximum absolute atomic E-state index is 13.9. The summed E-state index contributed by atoms with van der Waals surface area (Å²) in [6.45, 7) is 3.24. The molecule has 0 unspecified atom stereocenters. The lowest BCUT2D eigenvalue weighted by molar-refractivity contribution is -0.138. The summed E-state index contributed by atoms with van der Waals surface area (Å²) in [5, 5.41) is 15.2. The molecule has 0 spiro atoms. The number of anilines is 1. The quantitative estimate of drug-likeness (QED) is 0.341. The number of phenolic OH excluding ortho intramolecular Hbond substituents is 1. The van der Waals surface area contributed by atoms with Gasteiger partial charge in [0, 0.05) is 14.1 Å². The third-order valence-corrected chi connectivity index (χ3v) is 6.75. The topological polar surface area (TPSA) is 124 Å². The standard InChI is InChI=1S/C22H22F6N4O5S/c1-5-12(14-9-6-10(2)37-14)30-19-16(18(22(26,27)28)38(35,36)31-19)29-13-8-7-11(21(23,24)25)15(17(13)33)20(34)32(3)4/h6-9,12,29,33H,5H2,1-4H3,(H,30,31)/t12-/m1/s1. The fourth-order valence-corrected chi connectivity index (χ4v) is 4.81. The van der Waals surface area contributed by atoms with E-state index in [0.717, 1.165) is 19.0 Å². The number of furan rings is 1. The first-order valence-corrected chi connectivity index (χ1v) is 12.2. The van der Waals surface area contributed by atoms with Crippen molar-refractivity contribution >= 4 is 27.5 Å². The number of benzene rings is 1. The zero-order valence-electron chi connectivity index (χ0n) is 20.2. The number of halogens is 6. The molecule has 3 rings (SSSR count). The summed E-state index contributed by atoms with van der Waals surface area (Å²) >= 11 is 0. The van der Waals surface area contributed by atoms with Gasteiger partial charge in [0.2, 0.25) is 0 Å². The van der Waals surface area contributed by atoms with E-state index in [1.165, 1.54) is 6.07 Å². The summed E-state index contributed by atoms with van der Waals surface area (Å²) in [5.74, 6) is -2.74. The van der Waals surface area contributed by atoms with Gasteiger partial charge in [-0.3, -0.25) is 4.79 Å². The highest BCUT2D eigenvalue weighted by molar-refractivity contribution is 7.94. The summed E-state index contributed by atoms with van der Waals surface area (Å²) in [7, 11) is -3.12. The van der Waals surface area contributed by atoms with E-state index in [2.05, 4.69) is 9.71 Å². The van der Waals surface area contributed by atoms with Crippen molar-refractivity contribution in [3.05, 3.63) is 57.5 Å². The van der Waals surface area contributed by atoms with Crippen LogP contribution in [0.2, 0.25) is 0 Å². The van der Waals surface area contributed by atoms with Gasteiger partial charge in [-0.1, -0.05) is 6.92 Å². The molecule has 1 aliphatic heterocycles. The Labute approximate surface area is 212 Å². The molecule has 2 aromatic rings. The summed E-state index contributed by atoms with van der Waals surface area (Å²) in [6.07, 6.45) is -10.4. The van der Waals surface area contributed by atoms with Crippen LogP contribution in [0.15, 0.2) is 43.7 Å². The maximum Gasteiger partial charge on any atom is 0.431 e. The van der Waals surface area contributed by atoms with E-state index in [4.69, 9.17) is 4.42 Å². The van der Waals surface area contributed by atoms with E-state index < -0.39 is 73.3 Å². The summed E-state index contributed by atoms with van der Waals surface area (Å²) in [4.78, 5) is 11.0. The molecule has 1 aliphatic rings. The molecule has 1 amide bonds. The molecule has 0 saturated heterocycles. The van der Waals surface area contributed by atoms with Crippen LogP contribution in [0.3, 0.4) is 0 Å². The van der Waals surface area contributed by atoms with E-state index in [-0.39, 0.29) is 12.2 Å². The van der Waals surface area contributed by atoms with Gasteiger partial charge in [0.15, 0.2) is 16.5 Å². The number of amides is 1. The van der Waals surface area contributed by atoms with Crippen LogP contribution in [0.25, 0.3) is 0 Å². The predicted octanol–water partition coefficient (Wildman–Crippen LogP) is 4.68. The first kappa shape index (κ1) is 28.9. The predicted molar refractivity (Wildman–Crippen MR) is 124 cm³/mol. The number of rotatable bonds is 6. The van der Waals surface area contributed by atoms with Crippen LogP contribution in [0, 0.1) is 6.92 Å². The molecule has 0 bridgehead atoms. The zero-order chi connectivity index (χ0) is 28.8. The van der Waals surface area contributed by atoms with Crippen LogP contribution in [-0.4, -0.2) is 50.4 Å². The maximum atomic E-state index is 13.9. The van der Waals surface area contributed by atoms with Crippen LogP contribution >= 0.6 is 0 Å². The summed E-state index contributed by atoms with van der Waals surface area (Å²) in [6, 6.07) is 3.19. The Balaban J connectivity index is 2.19. The van der Waals surface area contributed by atoms with E-state index >= 15 is 0 Å². The smallest absolute Gasteiger partial charge is 0.431 e. The molecule has 0 saturated carbocycles. The van der Waals surface area contributed by atoms with Crippen molar-refractivity contribution in [2.75, 3.05) is 19.4 Å². The highest BCUT2D eigenvalue weighted by atomic mass is 32.2. The highest BCUT2D eigenvalue weighted by Crippen LogP contribution is 2.43. The first-order chi connectivity index (χ1) is 17.4. The lowest BCUT2D eigenvalue weighted by atomic mass is 10.0. The molecule has 0 radical (unpaired) electrons. The molecule has 208 valence electrons. The molecular formula is C22H22F6N4O5S. The number of hydrogen-bond acceptors (Lipinski definition) is 7. The third-order valence-electron chi connectivity index (χ3n) is 5.38. The number of carbonyl (C=O) groups excluding carboxylic acids is 1. The van der Waals surface area contributed by atoms with Crippen LogP contribution < -0.4 is 10.6 Å². The zero-order valence-corrected chi connectivity index (χ0v) is 21.1. The molecular weight excluding hydrogens is 546 g/mol. The second-order valence-corrected chi connectivity index (χ2v) is 9.92. The van der Waals surface area contributed by atoms with Gasteiger partial charge < -0.3 is 25.1 Å². The van der Waals surface area contributed by atoms with Crippen LogP contribution in [0.1, 0.15) is 46.8 Å². The normalized spacial score (nSPS) is 16.3. The van der Waals surface area contributed by atoms with Gasteiger partial charge in [0.1, 0.15) is 17.2 Å². The lowest BCUT2D eigenvalue weighted by Crippen LogP contribution is -2.32. The fraction of sp³-hybridized carbons (Fsp3) is 0.364. The minimum Gasteiger partial charge on any atom is -0.505 e. The number of phenols is 1. The average Bonchev–Trinajstić information content (AvgIpc) is 3.31. The number of sulfonamides is 1. The van der Waals surface area contributed by atoms with Gasteiger partial charge in [0.25, 0.3) is 15.9 Å². The van der Waals surface area contributed by atoms with Gasteiger partial charge in [-0.25, -0.2) is 0 Å². The largest absolute Gasteiger partial charge is 0.505 e. The Morgan fingerprint density at radius 1 is 1.11 bits per heavy atom. The Morgan fingerprint density at radius 3 is 2.21 bits per heavy atom. The van der Waals surface area contributed by atoms with Gasteiger partial charge >= 0.3 is 12.4 Å². The number of amidine groups is 1. The monoisotopic (exact) mass is 568 g/mol. The Kier molecular flexibility index (Phi) is 7.51. The fourth-order valence-electron chi connectivity index (χ4n) is 3.63. The minimum absolute atomic E-state index is 0.202. The van der Waals surface area contributed by atoms with Crippen LogP contribution in [-0.2, 0) is 16.2 Å². The second-order valence-electron chi connectivity index (χ2n) is 8.38.